The molecule has 3 rings (SSSR count). The van der Waals surface area contributed by atoms with Gasteiger partial charge in [0.25, 0.3) is 0 Å². The van der Waals surface area contributed by atoms with E-state index in [1.807, 2.05) is 62.4 Å². The molecule has 1 aromatic heterocycles. The van der Waals surface area contributed by atoms with Gasteiger partial charge in [-0.1, -0.05) is 48.6 Å². The summed E-state index contributed by atoms with van der Waals surface area (Å²) < 4.78 is 6.51. The van der Waals surface area contributed by atoms with E-state index in [1.165, 1.54) is 11.3 Å². The number of rotatable bonds is 6. The Bertz CT molecular complexity index is 830. The molecular weight excluding hydrogens is 320 g/mol. The second kappa shape index (κ2) is 7.45. The van der Waals surface area contributed by atoms with Crippen LogP contribution in [0.1, 0.15) is 31.7 Å². The summed E-state index contributed by atoms with van der Waals surface area (Å²) in [6.45, 7) is 4.60. The minimum Gasteiger partial charge on any atom is -0.494 e. The highest BCUT2D eigenvalue weighted by Gasteiger charge is 2.19. The first-order valence-corrected chi connectivity index (χ1v) is 8.92. The Labute approximate surface area is 145 Å². The number of fused-ring (bicyclic) bond motifs is 1. The molecule has 0 aliphatic heterocycles. The Kier molecular flexibility index (Phi) is 5.11. The predicted octanol–water partition coefficient (Wildman–Crippen LogP) is 4.83. The van der Waals surface area contributed by atoms with Crippen molar-refractivity contribution in [1.29, 1.82) is 0 Å². The molecule has 0 spiro atoms. The number of nitrogens with one attached hydrogen (secondary N) is 1. The van der Waals surface area contributed by atoms with Crippen molar-refractivity contribution in [1.82, 2.24) is 4.98 Å². The van der Waals surface area contributed by atoms with Gasteiger partial charge < -0.3 is 10.1 Å². The quantitative estimate of drug-likeness (QED) is 0.699. The van der Waals surface area contributed by atoms with Gasteiger partial charge >= 0.3 is 0 Å². The molecule has 0 aliphatic carbocycles. The zero-order chi connectivity index (χ0) is 16.9. The minimum atomic E-state index is -0.169. The van der Waals surface area contributed by atoms with E-state index in [-0.39, 0.29) is 11.8 Å². The number of hydrogen-bond acceptors (Lipinski definition) is 4. The lowest BCUT2D eigenvalue weighted by molar-refractivity contribution is -0.117. The Morgan fingerprint density at radius 2 is 2.00 bits per heavy atom. The number of ether oxygens (including phenoxy) is 1. The SMILES string of the molecule is CCOc1ccc2nc(NC(=O)[C@H](CC)c3ccccc3)sc2c1. The smallest absolute Gasteiger partial charge is 0.233 e. The van der Waals surface area contributed by atoms with Crippen LogP contribution in [0.2, 0.25) is 0 Å². The van der Waals surface area contributed by atoms with Gasteiger partial charge in [-0.2, -0.15) is 0 Å². The van der Waals surface area contributed by atoms with Crippen molar-refractivity contribution >= 4 is 32.6 Å². The van der Waals surface area contributed by atoms with Crippen molar-refractivity contribution < 1.29 is 9.53 Å². The van der Waals surface area contributed by atoms with E-state index in [2.05, 4.69) is 10.3 Å². The number of amides is 1. The van der Waals surface area contributed by atoms with Crippen molar-refractivity contribution in [2.24, 2.45) is 0 Å². The number of anilines is 1. The monoisotopic (exact) mass is 340 g/mol. The van der Waals surface area contributed by atoms with Crippen LogP contribution in [-0.2, 0) is 4.79 Å². The summed E-state index contributed by atoms with van der Waals surface area (Å²) in [4.78, 5) is 17.1. The zero-order valence-corrected chi connectivity index (χ0v) is 14.6. The van der Waals surface area contributed by atoms with Crippen molar-refractivity contribution in [3.8, 4) is 5.75 Å². The Balaban J connectivity index is 1.79. The second-order valence-corrected chi connectivity index (χ2v) is 6.47. The minimum absolute atomic E-state index is 0.0206. The number of benzene rings is 2. The first-order chi connectivity index (χ1) is 11.7. The van der Waals surface area contributed by atoms with Gasteiger partial charge in [0.05, 0.1) is 22.7 Å². The van der Waals surface area contributed by atoms with Crippen LogP contribution in [0, 0.1) is 0 Å². The van der Waals surface area contributed by atoms with E-state index in [0.29, 0.717) is 11.7 Å². The van der Waals surface area contributed by atoms with Crippen LogP contribution in [0.3, 0.4) is 0 Å². The average Bonchev–Trinajstić information content (AvgIpc) is 2.98. The Hall–Kier alpha value is -2.40. The molecule has 0 bridgehead atoms. The first-order valence-electron chi connectivity index (χ1n) is 8.10. The van der Waals surface area contributed by atoms with Gasteiger partial charge in [0, 0.05) is 0 Å². The van der Waals surface area contributed by atoms with Gasteiger partial charge in [-0.25, -0.2) is 4.98 Å². The van der Waals surface area contributed by atoms with E-state index in [9.17, 15) is 4.79 Å². The van der Waals surface area contributed by atoms with Crippen LogP contribution in [0.5, 0.6) is 5.75 Å². The maximum atomic E-state index is 12.6. The van der Waals surface area contributed by atoms with Crippen molar-refractivity contribution in [2.75, 3.05) is 11.9 Å². The molecule has 4 nitrogen and oxygen atoms in total. The summed E-state index contributed by atoms with van der Waals surface area (Å²) in [5, 5.41) is 3.58. The fraction of sp³-hybridized carbons (Fsp3) is 0.263. The van der Waals surface area contributed by atoms with Crippen molar-refractivity contribution in [2.45, 2.75) is 26.2 Å². The number of thiazole rings is 1. The fourth-order valence-electron chi connectivity index (χ4n) is 2.67. The lowest BCUT2D eigenvalue weighted by atomic mass is 9.96. The molecule has 0 radical (unpaired) electrons. The molecule has 0 saturated carbocycles. The number of nitrogens with zero attached hydrogens (tertiary/aromatic N) is 1. The summed E-state index contributed by atoms with van der Waals surface area (Å²) in [5.74, 6) is 0.632. The van der Waals surface area contributed by atoms with Gasteiger partial charge in [0.1, 0.15) is 5.75 Å². The average molecular weight is 340 g/mol. The second-order valence-electron chi connectivity index (χ2n) is 5.44. The first kappa shape index (κ1) is 16.5. The lowest BCUT2D eigenvalue weighted by Gasteiger charge is -2.13. The van der Waals surface area contributed by atoms with E-state index in [1.54, 1.807) is 0 Å². The molecule has 1 N–H and O–H groups in total. The van der Waals surface area contributed by atoms with Crippen LogP contribution in [0.25, 0.3) is 10.2 Å². The van der Waals surface area contributed by atoms with Crippen LogP contribution < -0.4 is 10.1 Å². The van der Waals surface area contributed by atoms with Gasteiger partial charge in [-0.15, -0.1) is 0 Å². The van der Waals surface area contributed by atoms with Crippen LogP contribution in [0.15, 0.2) is 48.5 Å². The van der Waals surface area contributed by atoms with Crippen molar-refractivity contribution in [3.05, 3.63) is 54.1 Å². The molecule has 24 heavy (non-hydrogen) atoms. The maximum absolute atomic E-state index is 12.6. The predicted molar refractivity (Wildman–Crippen MR) is 98.9 cm³/mol. The standard InChI is InChI=1S/C19H20N2O2S/c1-3-15(13-8-6-5-7-9-13)18(22)21-19-20-16-11-10-14(23-4-2)12-17(16)24-19/h5-12,15H,3-4H2,1-2H3,(H,20,21,22)/t15-/m1/s1. The Morgan fingerprint density at radius 1 is 1.21 bits per heavy atom. The highest BCUT2D eigenvalue weighted by atomic mass is 32.1. The van der Waals surface area contributed by atoms with Crippen LogP contribution in [0.4, 0.5) is 5.13 Å². The molecule has 0 aliphatic rings. The number of carbonyl (C=O) groups excluding carboxylic acids is 1. The van der Waals surface area contributed by atoms with Gasteiger partial charge in [0.15, 0.2) is 5.13 Å². The molecule has 124 valence electrons. The van der Waals surface area contributed by atoms with Gasteiger partial charge in [-0.05, 0) is 37.1 Å². The third kappa shape index (κ3) is 3.57. The molecule has 2 aromatic carbocycles. The molecule has 1 atom stereocenters. The number of aromatic nitrogens is 1. The number of hydrogen-bond donors (Lipinski definition) is 1. The summed E-state index contributed by atoms with van der Waals surface area (Å²) in [5.41, 5.74) is 1.89. The largest absolute Gasteiger partial charge is 0.494 e. The van der Waals surface area contributed by atoms with E-state index in [0.717, 1.165) is 28.0 Å². The normalized spacial score (nSPS) is 12.1. The van der Waals surface area contributed by atoms with Crippen molar-refractivity contribution in [3.63, 3.8) is 0 Å². The molecular formula is C19H20N2O2S. The highest BCUT2D eigenvalue weighted by Crippen LogP contribution is 2.30. The molecule has 3 aromatic rings. The third-order valence-corrected chi connectivity index (χ3v) is 4.76. The molecule has 0 saturated heterocycles. The van der Waals surface area contributed by atoms with Crippen LogP contribution >= 0.6 is 11.3 Å². The van der Waals surface area contributed by atoms with E-state index < -0.39 is 0 Å². The summed E-state index contributed by atoms with van der Waals surface area (Å²) >= 11 is 1.47. The summed E-state index contributed by atoms with van der Waals surface area (Å²) in [6, 6.07) is 15.6. The molecule has 1 heterocycles. The fourth-order valence-corrected chi connectivity index (χ4v) is 3.56. The molecule has 0 unspecified atom stereocenters. The van der Waals surface area contributed by atoms with Crippen LogP contribution in [-0.4, -0.2) is 17.5 Å². The molecule has 1 amide bonds. The lowest BCUT2D eigenvalue weighted by Crippen LogP contribution is -2.20. The van der Waals surface area contributed by atoms with E-state index in [4.69, 9.17) is 4.74 Å². The summed E-state index contributed by atoms with van der Waals surface area (Å²) in [7, 11) is 0. The molecule has 5 heteroatoms. The van der Waals surface area contributed by atoms with Gasteiger partial charge in [-0.3, -0.25) is 4.79 Å². The third-order valence-electron chi connectivity index (χ3n) is 3.83. The number of carbonyl (C=O) groups is 1. The topological polar surface area (TPSA) is 51.2 Å². The summed E-state index contributed by atoms with van der Waals surface area (Å²) in [6.07, 6.45) is 0.745. The van der Waals surface area contributed by atoms with Gasteiger partial charge in [0.2, 0.25) is 5.91 Å². The molecule has 0 fully saturated rings. The van der Waals surface area contributed by atoms with E-state index >= 15 is 0 Å². The zero-order valence-electron chi connectivity index (χ0n) is 13.8. The highest BCUT2D eigenvalue weighted by molar-refractivity contribution is 7.22. The Morgan fingerprint density at radius 3 is 2.71 bits per heavy atom. The maximum Gasteiger partial charge on any atom is 0.233 e.